The van der Waals surface area contributed by atoms with Gasteiger partial charge in [-0.25, -0.2) is 0 Å². The molecule has 0 radical (unpaired) electrons. The lowest BCUT2D eigenvalue weighted by atomic mass is 10.0. The van der Waals surface area contributed by atoms with Crippen molar-refractivity contribution < 1.29 is 9.90 Å². The van der Waals surface area contributed by atoms with Crippen LogP contribution in [-0.2, 0) is 7.05 Å². The van der Waals surface area contributed by atoms with Crippen molar-refractivity contribution in [2.75, 3.05) is 12.3 Å². The Morgan fingerprint density at radius 3 is 2.71 bits per heavy atom. The number of aryl methyl sites for hydroxylation is 1. The molecule has 1 rings (SSSR count). The van der Waals surface area contributed by atoms with E-state index in [1.54, 1.807) is 13.2 Å². The number of nitrogens with zero attached hydrogens (tertiary/aromatic N) is 2. The molecule has 0 aliphatic carbocycles. The highest BCUT2D eigenvalue weighted by Gasteiger charge is 2.20. The zero-order valence-electron chi connectivity index (χ0n) is 10.5. The van der Waals surface area contributed by atoms with Crippen LogP contribution >= 0.6 is 0 Å². The van der Waals surface area contributed by atoms with E-state index in [0.29, 0.717) is 12.1 Å². The molecule has 17 heavy (non-hydrogen) atoms. The van der Waals surface area contributed by atoms with Gasteiger partial charge in [0, 0.05) is 25.9 Å². The van der Waals surface area contributed by atoms with E-state index in [9.17, 15) is 4.79 Å². The molecule has 1 atom stereocenters. The Hall–Kier alpha value is -1.56. The van der Waals surface area contributed by atoms with Crippen LogP contribution in [0.5, 0.6) is 0 Å². The Bertz CT molecular complexity index is 387. The van der Waals surface area contributed by atoms with Crippen molar-refractivity contribution in [2.45, 2.75) is 26.3 Å². The minimum atomic E-state index is -0.296. The van der Waals surface area contributed by atoms with Crippen LogP contribution in [-0.4, -0.2) is 33.4 Å². The first-order chi connectivity index (χ1) is 7.95. The first-order valence-electron chi connectivity index (χ1n) is 5.66. The predicted molar refractivity (Wildman–Crippen MR) is 65.4 cm³/mol. The number of amides is 1. The van der Waals surface area contributed by atoms with Gasteiger partial charge in [-0.15, -0.1) is 0 Å². The van der Waals surface area contributed by atoms with Crippen molar-refractivity contribution in [1.82, 2.24) is 15.1 Å². The molecule has 1 aromatic rings. The van der Waals surface area contributed by atoms with Crippen molar-refractivity contribution in [2.24, 2.45) is 13.0 Å². The number of nitrogens with two attached hydrogens (primary N) is 1. The highest BCUT2D eigenvalue weighted by atomic mass is 16.3. The van der Waals surface area contributed by atoms with Gasteiger partial charge in [-0.3, -0.25) is 9.48 Å². The number of carbonyl (C=O) groups excluding carboxylic acids is 1. The zero-order chi connectivity index (χ0) is 13.0. The molecule has 0 saturated carbocycles. The van der Waals surface area contributed by atoms with Crippen molar-refractivity contribution in [3.05, 3.63) is 11.9 Å². The Kier molecular flexibility index (Phi) is 4.51. The summed E-state index contributed by atoms with van der Waals surface area (Å²) >= 11 is 0. The van der Waals surface area contributed by atoms with Crippen LogP contribution < -0.4 is 11.1 Å². The lowest BCUT2D eigenvalue weighted by molar-refractivity contribution is 0.0911. The minimum absolute atomic E-state index is 0.0425. The van der Waals surface area contributed by atoms with Gasteiger partial charge < -0.3 is 16.2 Å². The van der Waals surface area contributed by atoms with Crippen molar-refractivity contribution in [3.8, 4) is 0 Å². The van der Waals surface area contributed by atoms with E-state index in [1.807, 2.05) is 13.8 Å². The minimum Gasteiger partial charge on any atom is -0.396 e. The van der Waals surface area contributed by atoms with E-state index >= 15 is 0 Å². The van der Waals surface area contributed by atoms with E-state index < -0.39 is 0 Å². The fraction of sp³-hybridized carbons (Fsp3) is 0.636. The maximum absolute atomic E-state index is 11.9. The summed E-state index contributed by atoms with van der Waals surface area (Å²) in [6.45, 7) is 4.02. The standard InChI is InChI=1S/C11H20N4O2/c1-7(2)9(4-5-16)13-11(17)10-8(12)6-15(3)14-10/h6-7,9,16H,4-5,12H2,1-3H3,(H,13,17). The van der Waals surface area contributed by atoms with E-state index in [-0.39, 0.29) is 30.2 Å². The van der Waals surface area contributed by atoms with Crippen LogP contribution in [0, 0.1) is 5.92 Å². The summed E-state index contributed by atoms with van der Waals surface area (Å²) in [4.78, 5) is 11.9. The SMILES string of the molecule is CC(C)C(CCO)NC(=O)c1nn(C)cc1N. The van der Waals surface area contributed by atoms with Crippen LogP contribution in [0.15, 0.2) is 6.20 Å². The molecule has 1 heterocycles. The van der Waals surface area contributed by atoms with E-state index in [2.05, 4.69) is 10.4 Å². The fourth-order valence-corrected chi connectivity index (χ4v) is 1.63. The number of aromatic nitrogens is 2. The third-order valence-corrected chi connectivity index (χ3v) is 2.63. The van der Waals surface area contributed by atoms with Gasteiger partial charge in [0.1, 0.15) is 0 Å². The molecule has 1 amide bonds. The van der Waals surface area contributed by atoms with Crippen LogP contribution in [0.4, 0.5) is 5.69 Å². The first-order valence-corrected chi connectivity index (χ1v) is 5.66. The summed E-state index contributed by atoms with van der Waals surface area (Å²) in [6.07, 6.45) is 2.11. The molecule has 0 aliphatic rings. The fourth-order valence-electron chi connectivity index (χ4n) is 1.63. The van der Waals surface area contributed by atoms with Gasteiger partial charge in [0.25, 0.3) is 5.91 Å². The number of nitrogen functional groups attached to an aromatic ring is 1. The van der Waals surface area contributed by atoms with E-state index in [0.717, 1.165) is 0 Å². The molecule has 96 valence electrons. The Labute approximate surface area is 101 Å². The number of nitrogens with one attached hydrogen (secondary N) is 1. The summed E-state index contributed by atoms with van der Waals surface area (Å²) in [5.74, 6) is -0.0497. The molecular weight excluding hydrogens is 220 g/mol. The summed E-state index contributed by atoms with van der Waals surface area (Å²) in [5.41, 5.74) is 6.26. The average Bonchev–Trinajstić information content (AvgIpc) is 2.57. The summed E-state index contributed by atoms with van der Waals surface area (Å²) < 4.78 is 1.50. The second-order valence-electron chi connectivity index (χ2n) is 4.44. The van der Waals surface area contributed by atoms with Gasteiger partial charge in [0.2, 0.25) is 0 Å². The molecule has 6 heteroatoms. The van der Waals surface area contributed by atoms with E-state index in [1.165, 1.54) is 4.68 Å². The third-order valence-electron chi connectivity index (χ3n) is 2.63. The molecule has 1 unspecified atom stereocenters. The maximum Gasteiger partial charge on any atom is 0.274 e. The quantitative estimate of drug-likeness (QED) is 0.682. The number of carbonyl (C=O) groups is 1. The maximum atomic E-state index is 11.9. The average molecular weight is 240 g/mol. The normalized spacial score (nSPS) is 12.8. The number of hydrogen-bond acceptors (Lipinski definition) is 4. The molecule has 0 aromatic carbocycles. The van der Waals surface area contributed by atoms with Gasteiger partial charge in [0.05, 0.1) is 5.69 Å². The highest BCUT2D eigenvalue weighted by Crippen LogP contribution is 2.11. The predicted octanol–water partition coefficient (Wildman–Crippen LogP) is 0.139. The Morgan fingerprint density at radius 1 is 1.65 bits per heavy atom. The smallest absolute Gasteiger partial charge is 0.274 e. The molecule has 0 fully saturated rings. The second-order valence-corrected chi connectivity index (χ2v) is 4.44. The topological polar surface area (TPSA) is 93.2 Å². The summed E-state index contributed by atoms with van der Waals surface area (Å²) in [5, 5.41) is 15.8. The zero-order valence-corrected chi connectivity index (χ0v) is 10.5. The van der Waals surface area contributed by atoms with Crippen LogP contribution in [0.1, 0.15) is 30.8 Å². The van der Waals surface area contributed by atoms with Crippen molar-refractivity contribution in [3.63, 3.8) is 0 Å². The van der Waals surface area contributed by atoms with Crippen LogP contribution in [0.3, 0.4) is 0 Å². The lowest BCUT2D eigenvalue weighted by Gasteiger charge is -2.20. The van der Waals surface area contributed by atoms with Crippen LogP contribution in [0.25, 0.3) is 0 Å². The summed E-state index contributed by atoms with van der Waals surface area (Å²) in [6, 6.07) is -0.0751. The molecule has 0 saturated heterocycles. The van der Waals surface area contributed by atoms with Gasteiger partial charge in [0.15, 0.2) is 5.69 Å². The van der Waals surface area contributed by atoms with Gasteiger partial charge in [-0.2, -0.15) is 5.10 Å². The molecule has 0 aliphatic heterocycles. The number of anilines is 1. The Morgan fingerprint density at radius 2 is 2.29 bits per heavy atom. The molecule has 0 bridgehead atoms. The van der Waals surface area contributed by atoms with E-state index in [4.69, 9.17) is 10.8 Å². The van der Waals surface area contributed by atoms with Gasteiger partial charge in [-0.1, -0.05) is 13.8 Å². The first kappa shape index (κ1) is 13.5. The van der Waals surface area contributed by atoms with Crippen molar-refractivity contribution >= 4 is 11.6 Å². The number of aliphatic hydroxyl groups is 1. The molecule has 0 spiro atoms. The number of rotatable bonds is 5. The van der Waals surface area contributed by atoms with Crippen molar-refractivity contribution in [1.29, 1.82) is 0 Å². The lowest BCUT2D eigenvalue weighted by Crippen LogP contribution is -2.39. The second kappa shape index (κ2) is 5.67. The monoisotopic (exact) mass is 240 g/mol. The molecule has 1 aromatic heterocycles. The number of hydrogen-bond donors (Lipinski definition) is 3. The highest BCUT2D eigenvalue weighted by molar-refractivity contribution is 5.97. The summed E-state index contributed by atoms with van der Waals surface area (Å²) in [7, 11) is 1.71. The largest absolute Gasteiger partial charge is 0.396 e. The third kappa shape index (κ3) is 3.45. The van der Waals surface area contributed by atoms with Gasteiger partial charge >= 0.3 is 0 Å². The number of aliphatic hydroxyl groups excluding tert-OH is 1. The molecule has 4 N–H and O–H groups in total. The Balaban J connectivity index is 2.73. The van der Waals surface area contributed by atoms with Gasteiger partial charge in [-0.05, 0) is 12.3 Å². The van der Waals surface area contributed by atoms with Crippen LogP contribution in [0.2, 0.25) is 0 Å². The molecular formula is C11H20N4O2. The molecule has 6 nitrogen and oxygen atoms in total.